The Morgan fingerprint density at radius 3 is 2.81 bits per heavy atom. The third kappa shape index (κ3) is 1.98. The molecule has 0 aliphatic heterocycles. The minimum atomic E-state index is -0.360. The quantitative estimate of drug-likeness (QED) is 0.755. The molecule has 1 amide bonds. The molecule has 3 nitrogen and oxygen atoms in total. The number of aromatic amines is 1. The standard InChI is InChI=1S/C13H14N2O/c1-2-9(13(14)16)7-11-8-10-5-3-4-6-12(10)15-11/h2-6,8,15H,7H2,1H3,(H2,14,16). The molecule has 16 heavy (non-hydrogen) atoms. The number of nitrogens with one attached hydrogen (secondary N) is 1. The summed E-state index contributed by atoms with van der Waals surface area (Å²) in [6, 6.07) is 10.1. The second-order valence-electron chi connectivity index (χ2n) is 3.74. The van der Waals surface area contributed by atoms with E-state index >= 15 is 0 Å². The van der Waals surface area contributed by atoms with Gasteiger partial charge in [-0.3, -0.25) is 4.79 Å². The highest BCUT2D eigenvalue weighted by atomic mass is 16.1. The monoisotopic (exact) mass is 214 g/mol. The molecule has 1 aromatic carbocycles. The van der Waals surface area contributed by atoms with Crippen molar-refractivity contribution < 1.29 is 4.79 Å². The first-order valence-electron chi connectivity index (χ1n) is 5.22. The zero-order valence-electron chi connectivity index (χ0n) is 9.16. The van der Waals surface area contributed by atoms with Crippen LogP contribution in [0.5, 0.6) is 0 Å². The molecule has 0 fully saturated rings. The first kappa shape index (κ1) is 10.5. The molecule has 3 heteroatoms. The summed E-state index contributed by atoms with van der Waals surface area (Å²) in [7, 11) is 0. The Morgan fingerprint density at radius 1 is 1.44 bits per heavy atom. The predicted octanol–water partition coefficient (Wildman–Crippen LogP) is 2.14. The molecule has 2 aromatic rings. The lowest BCUT2D eigenvalue weighted by Crippen LogP contribution is -2.15. The summed E-state index contributed by atoms with van der Waals surface area (Å²) in [5.74, 6) is -0.360. The molecule has 0 unspecified atom stereocenters. The molecule has 0 atom stereocenters. The van der Waals surface area contributed by atoms with E-state index in [1.54, 1.807) is 6.08 Å². The zero-order valence-corrected chi connectivity index (χ0v) is 9.16. The summed E-state index contributed by atoms with van der Waals surface area (Å²) in [4.78, 5) is 14.4. The smallest absolute Gasteiger partial charge is 0.244 e. The van der Waals surface area contributed by atoms with E-state index in [1.165, 1.54) is 0 Å². The van der Waals surface area contributed by atoms with Crippen molar-refractivity contribution in [3.8, 4) is 0 Å². The molecule has 0 spiro atoms. The van der Waals surface area contributed by atoms with Crippen molar-refractivity contribution in [2.75, 3.05) is 0 Å². The van der Waals surface area contributed by atoms with Gasteiger partial charge in [0.15, 0.2) is 0 Å². The third-order valence-corrected chi connectivity index (χ3v) is 2.63. The largest absolute Gasteiger partial charge is 0.366 e. The minimum absolute atomic E-state index is 0.360. The lowest BCUT2D eigenvalue weighted by Gasteiger charge is -1.99. The van der Waals surface area contributed by atoms with Crippen LogP contribution in [0.25, 0.3) is 10.9 Å². The number of rotatable bonds is 3. The van der Waals surface area contributed by atoms with E-state index in [0.29, 0.717) is 12.0 Å². The molecule has 3 N–H and O–H groups in total. The van der Waals surface area contributed by atoms with Gasteiger partial charge in [-0.1, -0.05) is 24.3 Å². The zero-order chi connectivity index (χ0) is 11.5. The van der Waals surface area contributed by atoms with E-state index in [0.717, 1.165) is 16.6 Å². The molecule has 1 heterocycles. The number of amides is 1. The number of fused-ring (bicyclic) bond motifs is 1. The molecule has 0 radical (unpaired) electrons. The average Bonchev–Trinajstić information content (AvgIpc) is 2.67. The van der Waals surface area contributed by atoms with E-state index in [-0.39, 0.29) is 5.91 Å². The van der Waals surface area contributed by atoms with E-state index in [4.69, 9.17) is 5.73 Å². The van der Waals surface area contributed by atoms with Crippen molar-refractivity contribution in [3.63, 3.8) is 0 Å². The first-order chi connectivity index (χ1) is 7.70. The van der Waals surface area contributed by atoms with Crippen LogP contribution in [-0.4, -0.2) is 10.9 Å². The highest BCUT2D eigenvalue weighted by Gasteiger charge is 2.07. The highest BCUT2D eigenvalue weighted by Crippen LogP contribution is 2.16. The van der Waals surface area contributed by atoms with Gasteiger partial charge in [0.25, 0.3) is 0 Å². The summed E-state index contributed by atoms with van der Waals surface area (Å²) >= 11 is 0. The topological polar surface area (TPSA) is 58.9 Å². The Bertz CT molecular complexity index is 519. The second kappa shape index (κ2) is 4.23. The van der Waals surface area contributed by atoms with Gasteiger partial charge in [-0.15, -0.1) is 0 Å². The molecule has 0 saturated carbocycles. The number of benzene rings is 1. The molecule has 0 bridgehead atoms. The van der Waals surface area contributed by atoms with Gasteiger partial charge in [0, 0.05) is 23.2 Å². The maximum atomic E-state index is 11.1. The lowest BCUT2D eigenvalue weighted by atomic mass is 10.1. The number of carbonyl (C=O) groups is 1. The first-order valence-corrected chi connectivity index (χ1v) is 5.22. The van der Waals surface area contributed by atoms with Gasteiger partial charge in [-0.2, -0.15) is 0 Å². The van der Waals surface area contributed by atoms with Gasteiger partial charge in [0.2, 0.25) is 5.91 Å². The second-order valence-corrected chi connectivity index (χ2v) is 3.74. The maximum Gasteiger partial charge on any atom is 0.244 e. The van der Waals surface area contributed by atoms with Crippen LogP contribution in [0.15, 0.2) is 42.0 Å². The van der Waals surface area contributed by atoms with Gasteiger partial charge < -0.3 is 10.7 Å². The van der Waals surface area contributed by atoms with Crippen LogP contribution < -0.4 is 5.73 Å². The number of aromatic nitrogens is 1. The van der Waals surface area contributed by atoms with E-state index in [2.05, 4.69) is 4.98 Å². The van der Waals surface area contributed by atoms with Crippen LogP contribution in [0.1, 0.15) is 12.6 Å². The molecular weight excluding hydrogens is 200 g/mol. The molecular formula is C13H14N2O. The summed E-state index contributed by atoms with van der Waals surface area (Å²) < 4.78 is 0. The molecule has 0 saturated heterocycles. The summed E-state index contributed by atoms with van der Waals surface area (Å²) in [6.07, 6.45) is 2.31. The van der Waals surface area contributed by atoms with Gasteiger partial charge in [-0.05, 0) is 24.4 Å². The number of H-pyrrole nitrogens is 1. The van der Waals surface area contributed by atoms with Crippen LogP contribution in [-0.2, 0) is 11.2 Å². The highest BCUT2D eigenvalue weighted by molar-refractivity contribution is 5.92. The number of carbonyl (C=O) groups excluding carboxylic acids is 1. The number of primary amides is 1. The van der Waals surface area contributed by atoms with Crippen molar-refractivity contribution in [2.45, 2.75) is 13.3 Å². The Balaban J connectivity index is 2.31. The maximum absolute atomic E-state index is 11.1. The molecule has 0 aliphatic carbocycles. The van der Waals surface area contributed by atoms with Gasteiger partial charge in [-0.25, -0.2) is 0 Å². The van der Waals surface area contributed by atoms with Gasteiger partial charge in [0.1, 0.15) is 0 Å². The van der Waals surface area contributed by atoms with Crippen molar-refractivity contribution in [3.05, 3.63) is 47.7 Å². The Morgan fingerprint density at radius 2 is 2.19 bits per heavy atom. The van der Waals surface area contributed by atoms with Crippen LogP contribution in [0, 0.1) is 0 Å². The predicted molar refractivity (Wildman–Crippen MR) is 65.0 cm³/mol. The lowest BCUT2D eigenvalue weighted by molar-refractivity contribution is -0.114. The van der Waals surface area contributed by atoms with Gasteiger partial charge in [0.05, 0.1) is 0 Å². The normalized spacial score (nSPS) is 11.9. The van der Waals surface area contributed by atoms with Crippen molar-refractivity contribution in [1.29, 1.82) is 0 Å². The molecule has 0 aliphatic rings. The Hall–Kier alpha value is -2.03. The van der Waals surface area contributed by atoms with Gasteiger partial charge >= 0.3 is 0 Å². The summed E-state index contributed by atoms with van der Waals surface area (Å²) in [5, 5.41) is 1.15. The molecule has 1 aromatic heterocycles. The van der Waals surface area contributed by atoms with Crippen molar-refractivity contribution >= 4 is 16.8 Å². The summed E-state index contributed by atoms with van der Waals surface area (Å²) in [6.45, 7) is 1.82. The van der Waals surface area contributed by atoms with Crippen LogP contribution >= 0.6 is 0 Å². The van der Waals surface area contributed by atoms with Crippen molar-refractivity contribution in [2.24, 2.45) is 5.73 Å². The SMILES string of the molecule is CC=C(Cc1cc2ccccc2[nH]1)C(N)=O. The number of hydrogen-bond acceptors (Lipinski definition) is 1. The number of allylic oxidation sites excluding steroid dienone is 1. The molecule has 82 valence electrons. The minimum Gasteiger partial charge on any atom is -0.366 e. The summed E-state index contributed by atoms with van der Waals surface area (Å²) in [5.41, 5.74) is 7.99. The molecule has 2 rings (SSSR count). The Kier molecular flexibility index (Phi) is 2.77. The van der Waals surface area contributed by atoms with E-state index in [1.807, 2.05) is 37.3 Å². The third-order valence-electron chi connectivity index (χ3n) is 2.63. The van der Waals surface area contributed by atoms with Crippen LogP contribution in [0.2, 0.25) is 0 Å². The average molecular weight is 214 g/mol. The number of hydrogen-bond donors (Lipinski definition) is 2. The number of para-hydroxylation sites is 1. The van der Waals surface area contributed by atoms with Crippen LogP contribution in [0.4, 0.5) is 0 Å². The van der Waals surface area contributed by atoms with Crippen LogP contribution in [0.3, 0.4) is 0 Å². The van der Waals surface area contributed by atoms with Crippen molar-refractivity contribution in [1.82, 2.24) is 4.98 Å². The fraction of sp³-hybridized carbons (Fsp3) is 0.154. The number of nitrogens with two attached hydrogens (primary N) is 1. The fourth-order valence-electron chi connectivity index (χ4n) is 1.77. The van der Waals surface area contributed by atoms with E-state index in [9.17, 15) is 4.79 Å². The van der Waals surface area contributed by atoms with E-state index < -0.39 is 0 Å². The fourth-order valence-corrected chi connectivity index (χ4v) is 1.77. The Labute approximate surface area is 94.0 Å².